The number of aliphatic carboxylic acids is 1. The van der Waals surface area contributed by atoms with Crippen LogP contribution in [0.2, 0.25) is 0 Å². The van der Waals surface area contributed by atoms with E-state index in [1.165, 1.54) is 0 Å². The van der Waals surface area contributed by atoms with Gasteiger partial charge in [-0.2, -0.15) is 0 Å². The van der Waals surface area contributed by atoms with Crippen LogP contribution >= 0.6 is 0 Å². The van der Waals surface area contributed by atoms with Gasteiger partial charge in [0.05, 0.1) is 0 Å². The zero-order valence-electron chi connectivity index (χ0n) is 12.3. The summed E-state index contributed by atoms with van der Waals surface area (Å²) in [5, 5.41) is 8.99. The molecule has 0 saturated heterocycles. The first-order chi connectivity index (χ1) is 11.3. The summed E-state index contributed by atoms with van der Waals surface area (Å²) in [5.41, 5.74) is 4.55. The number of nitrogens with zero attached hydrogens (tertiary/aromatic N) is 2. The first kappa shape index (κ1) is 14.7. The molecule has 0 aliphatic heterocycles. The number of hydrogen-bond acceptors (Lipinski definition) is 3. The molecule has 4 nitrogen and oxygen atoms in total. The fourth-order valence-electron chi connectivity index (χ4n) is 2.45. The standard InChI is InChI=1S/C19H14N2O2/c22-19(23)9-8-18-16(14-4-2-10-20-12-14)6-1-7-17(18)15-5-3-11-21-13-15/h1-13H,(H,22,23). The molecule has 0 fully saturated rings. The summed E-state index contributed by atoms with van der Waals surface area (Å²) in [7, 11) is 0. The molecule has 0 amide bonds. The largest absolute Gasteiger partial charge is 0.478 e. The van der Waals surface area contributed by atoms with Crippen LogP contribution in [0.25, 0.3) is 28.3 Å². The summed E-state index contributed by atoms with van der Waals surface area (Å²) in [5.74, 6) is -0.983. The summed E-state index contributed by atoms with van der Waals surface area (Å²) in [6, 6.07) is 13.5. The predicted octanol–water partition coefficient (Wildman–Crippen LogP) is 3.91. The van der Waals surface area contributed by atoms with E-state index >= 15 is 0 Å². The molecule has 0 saturated carbocycles. The van der Waals surface area contributed by atoms with Gasteiger partial charge in [0.15, 0.2) is 0 Å². The van der Waals surface area contributed by atoms with Crippen LogP contribution in [0.15, 0.2) is 73.3 Å². The van der Waals surface area contributed by atoms with Crippen LogP contribution in [0.3, 0.4) is 0 Å². The van der Waals surface area contributed by atoms with E-state index in [1.54, 1.807) is 30.9 Å². The van der Waals surface area contributed by atoms with E-state index in [0.29, 0.717) is 0 Å². The third-order valence-corrected chi connectivity index (χ3v) is 3.44. The maximum absolute atomic E-state index is 11.0. The molecule has 2 aromatic heterocycles. The Balaban J connectivity index is 2.23. The Hall–Kier alpha value is -3.27. The summed E-state index contributed by atoms with van der Waals surface area (Å²) >= 11 is 0. The maximum Gasteiger partial charge on any atom is 0.328 e. The Kier molecular flexibility index (Phi) is 4.25. The number of pyridine rings is 2. The average Bonchev–Trinajstić information content (AvgIpc) is 2.61. The lowest BCUT2D eigenvalue weighted by Crippen LogP contribution is -1.92. The zero-order chi connectivity index (χ0) is 16.1. The molecule has 1 N–H and O–H groups in total. The Labute approximate surface area is 133 Å². The Morgan fingerprint density at radius 1 is 0.870 bits per heavy atom. The second kappa shape index (κ2) is 6.66. The van der Waals surface area contributed by atoms with Gasteiger partial charge in [0, 0.05) is 42.0 Å². The minimum Gasteiger partial charge on any atom is -0.478 e. The van der Waals surface area contributed by atoms with Crippen LogP contribution in [-0.2, 0) is 4.79 Å². The monoisotopic (exact) mass is 302 g/mol. The van der Waals surface area contributed by atoms with Crippen molar-refractivity contribution >= 4 is 12.0 Å². The molecule has 2 heterocycles. The van der Waals surface area contributed by atoms with Gasteiger partial charge in [-0.15, -0.1) is 0 Å². The molecule has 23 heavy (non-hydrogen) atoms. The molecule has 0 spiro atoms. The number of carboxylic acids is 1. The van der Waals surface area contributed by atoms with E-state index in [1.807, 2.05) is 42.5 Å². The van der Waals surface area contributed by atoms with Gasteiger partial charge in [0.25, 0.3) is 0 Å². The molecule has 0 aliphatic rings. The summed E-state index contributed by atoms with van der Waals surface area (Å²) in [6.45, 7) is 0. The third kappa shape index (κ3) is 3.32. The molecule has 4 heteroatoms. The minimum absolute atomic E-state index is 0.830. The molecule has 0 aliphatic carbocycles. The number of benzene rings is 1. The highest BCUT2D eigenvalue weighted by Gasteiger charge is 2.10. The number of carboxylic acid groups (broad SMARTS) is 1. The lowest BCUT2D eigenvalue weighted by Gasteiger charge is -2.12. The quantitative estimate of drug-likeness (QED) is 0.742. The molecule has 3 rings (SSSR count). The predicted molar refractivity (Wildman–Crippen MR) is 89.6 cm³/mol. The van der Waals surface area contributed by atoms with E-state index in [2.05, 4.69) is 9.97 Å². The Morgan fingerprint density at radius 3 is 1.87 bits per heavy atom. The summed E-state index contributed by atoms with van der Waals surface area (Å²) in [4.78, 5) is 19.3. The molecule has 0 bridgehead atoms. The van der Waals surface area contributed by atoms with Crippen LogP contribution in [0.4, 0.5) is 0 Å². The van der Waals surface area contributed by atoms with E-state index in [9.17, 15) is 4.79 Å². The van der Waals surface area contributed by atoms with Crippen LogP contribution in [0, 0.1) is 0 Å². The fraction of sp³-hybridized carbons (Fsp3) is 0. The molecule has 112 valence electrons. The lowest BCUT2D eigenvalue weighted by molar-refractivity contribution is -0.131. The van der Waals surface area contributed by atoms with Crippen molar-refractivity contribution < 1.29 is 9.90 Å². The normalized spacial score (nSPS) is 10.8. The number of hydrogen-bond donors (Lipinski definition) is 1. The highest BCUT2D eigenvalue weighted by atomic mass is 16.4. The fourth-order valence-corrected chi connectivity index (χ4v) is 2.45. The first-order valence-electron chi connectivity index (χ1n) is 7.10. The highest BCUT2D eigenvalue weighted by Crippen LogP contribution is 2.32. The van der Waals surface area contributed by atoms with E-state index in [0.717, 1.165) is 33.9 Å². The van der Waals surface area contributed by atoms with Gasteiger partial charge in [-0.05, 0) is 34.9 Å². The topological polar surface area (TPSA) is 63.1 Å². The molecule has 0 unspecified atom stereocenters. The summed E-state index contributed by atoms with van der Waals surface area (Å²) in [6.07, 6.45) is 9.71. The smallest absolute Gasteiger partial charge is 0.328 e. The van der Waals surface area contributed by atoms with Crippen molar-refractivity contribution in [1.29, 1.82) is 0 Å². The maximum atomic E-state index is 11.0. The Bertz CT molecular complexity index is 786. The van der Waals surface area contributed by atoms with Crippen LogP contribution < -0.4 is 0 Å². The van der Waals surface area contributed by atoms with Gasteiger partial charge in [0.1, 0.15) is 0 Å². The molecular weight excluding hydrogens is 288 g/mol. The SMILES string of the molecule is O=C(O)C=Cc1c(-c2cccnc2)cccc1-c1cccnc1. The Morgan fingerprint density at radius 2 is 1.43 bits per heavy atom. The number of carbonyl (C=O) groups is 1. The molecule has 0 radical (unpaired) electrons. The van der Waals surface area contributed by atoms with Gasteiger partial charge < -0.3 is 5.11 Å². The van der Waals surface area contributed by atoms with Gasteiger partial charge >= 0.3 is 5.97 Å². The van der Waals surface area contributed by atoms with Gasteiger partial charge in [0.2, 0.25) is 0 Å². The highest BCUT2D eigenvalue weighted by molar-refractivity contribution is 5.92. The van der Waals surface area contributed by atoms with Crippen molar-refractivity contribution in [1.82, 2.24) is 9.97 Å². The van der Waals surface area contributed by atoms with Crippen LogP contribution in [0.5, 0.6) is 0 Å². The van der Waals surface area contributed by atoms with Gasteiger partial charge in [-0.1, -0.05) is 30.3 Å². The van der Waals surface area contributed by atoms with E-state index in [-0.39, 0.29) is 0 Å². The first-order valence-corrected chi connectivity index (χ1v) is 7.10. The second-order valence-electron chi connectivity index (χ2n) is 4.92. The van der Waals surface area contributed by atoms with Crippen LogP contribution in [0.1, 0.15) is 5.56 Å². The van der Waals surface area contributed by atoms with Crippen molar-refractivity contribution in [2.45, 2.75) is 0 Å². The summed E-state index contributed by atoms with van der Waals surface area (Å²) < 4.78 is 0. The number of rotatable bonds is 4. The van der Waals surface area contributed by atoms with Gasteiger partial charge in [-0.25, -0.2) is 4.79 Å². The van der Waals surface area contributed by atoms with Crippen molar-refractivity contribution in [2.24, 2.45) is 0 Å². The van der Waals surface area contributed by atoms with Crippen molar-refractivity contribution in [3.05, 3.63) is 78.9 Å². The van der Waals surface area contributed by atoms with Crippen molar-refractivity contribution in [3.63, 3.8) is 0 Å². The van der Waals surface area contributed by atoms with Crippen LogP contribution in [-0.4, -0.2) is 21.0 Å². The third-order valence-electron chi connectivity index (χ3n) is 3.44. The molecule has 1 aromatic carbocycles. The second-order valence-corrected chi connectivity index (χ2v) is 4.92. The van der Waals surface area contributed by atoms with E-state index < -0.39 is 5.97 Å². The lowest BCUT2D eigenvalue weighted by atomic mass is 9.93. The minimum atomic E-state index is -0.983. The van der Waals surface area contributed by atoms with E-state index in [4.69, 9.17) is 5.11 Å². The zero-order valence-corrected chi connectivity index (χ0v) is 12.3. The van der Waals surface area contributed by atoms with Gasteiger partial charge in [-0.3, -0.25) is 9.97 Å². The van der Waals surface area contributed by atoms with Crippen molar-refractivity contribution in [3.8, 4) is 22.3 Å². The van der Waals surface area contributed by atoms with Crippen molar-refractivity contribution in [2.75, 3.05) is 0 Å². The number of aromatic nitrogens is 2. The molecular formula is C19H14N2O2. The average molecular weight is 302 g/mol. The molecule has 3 aromatic rings. The molecule has 0 atom stereocenters.